The van der Waals surface area contributed by atoms with Crippen molar-refractivity contribution in [2.45, 2.75) is 19.1 Å². The van der Waals surface area contributed by atoms with E-state index in [0.717, 1.165) is 0 Å². The van der Waals surface area contributed by atoms with Crippen LogP contribution in [0.5, 0.6) is 0 Å². The lowest BCUT2D eigenvalue weighted by atomic mass is 10.3. The van der Waals surface area contributed by atoms with Crippen LogP contribution in [-0.4, -0.2) is 63.7 Å². The van der Waals surface area contributed by atoms with Gasteiger partial charge in [0.2, 0.25) is 5.91 Å². The minimum absolute atomic E-state index is 0.0430. The van der Waals surface area contributed by atoms with Crippen LogP contribution in [0.2, 0.25) is 0 Å². The van der Waals surface area contributed by atoms with Crippen LogP contribution in [0.3, 0.4) is 0 Å². The lowest BCUT2D eigenvalue weighted by Crippen LogP contribution is -2.37. The van der Waals surface area contributed by atoms with E-state index in [4.69, 9.17) is 9.47 Å². The van der Waals surface area contributed by atoms with Gasteiger partial charge in [0.05, 0.1) is 32.0 Å². The Morgan fingerprint density at radius 1 is 1.44 bits per heavy atom. The number of carbonyl (C=O) groups excluding carboxylic acids is 1. The Kier molecular flexibility index (Phi) is 9.12. The van der Waals surface area contributed by atoms with Crippen molar-refractivity contribution in [3.05, 3.63) is 0 Å². The number of hydrogen-bond acceptors (Lipinski definition) is 5. The lowest BCUT2D eigenvalue weighted by Gasteiger charge is -2.16. The molecule has 2 unspecified atom stereocenters. The monoisotopic (exact) mass is 234 g/mol. The molecular weight excluding hydrogens is 212 g/mol. The second-order valence-corrected chi connectivity index (χ2v) is 3.56. The summed E-state index contributed by atoms with van der Waals surface area (Å²) in [4.78, 5) is 10.8. The highest BCUT2D eigenvalue weighted by Gasteiger charge is 2.08. The topological polar surface area (TPSA) is 79.8 Å². The zero-order valence-electron chi connectivity index (χ0n) is 10.2. The van der Waals surface area contributed by atoms with E-state index in [9.17, 15) is 9.90 Å². The fraction of sp³-hybridized carbons (Fsp3) is 0.900. The third-order valence-corrected chi connectivity index (χ3v) is 1.92. The molecule has 0 heterocycles. The SMILES string of the molecule is CNC(=O)CNCC(O)COC(C)COC. The average Bonchev–Trinajstić information content (AvgIpc) is 2.26. The molecule has 0 bridgehead atoms. The maximum Gasteiger partial charge on any atom is 0.233 e. The number of ether oxygens (including phenoxy) is 2. The molecule has 0 saturated heterocycles. The van der Waals surface area contributed by atoms with Gasteiger partial charge in [-0.3, -0.25) is 4.79 Å². The van der Waals surface area contributed by atoms with Crippen molar-refractivity contribution in [1.29, 1.82) is 0 Å². The normalized spacial score (nSPS) is 14.5. The largest absolute Gasteiger partial charge is 0.389 e. The van der Waals surface area contributed by atoms with E-state index < -0.39 is 6.10 Å². The molecule has 0 aromatic carbocycles. The smallest absolute Gasteiger partial charge is 0.233 e. The molecule has 0 aliphatic rings. The first-order chi connectivity index (χ1) is 7.60. The molecule has 0 radical (unpaired) electrons. The molecule has 6 nitrogen and oxygen atoms in total. The Balaban J connectivity index is 3.44. The average molecular weight is 234 g/mol. The summed E-state index contributed by atoms with van der Waals surface area (Å²) >= 11 is 0. The van der Waals surface area contributed by atoms with Crippen molar-refractivity contribution in [3.63, 3.8) is 0 Å². The number of aliphatic hydroxyl groups excluding tert-OH is 1. The van der Waals surface area contributed by atoms with E-state index in [1.807, 2.05) is 6.92 Å². The van der Waals surface area contributed by atoms with Crippen molar-refractivity contribution in [3.8, 4) is 0 Å². The van der Waals surface area contributed by atoms with Gasteiger partial charge < -0.3 is 25.2 Å². The molecule has 0 fully saturated rings. The number of methoxy groups -OCH3 is 1. The summed E-state index contributed by atoms with van der Waals surface area (Å²) < 4.78 is 10.2. The summed E-state index contributed by atoms with van der Waals surface area (Å²) in [5.74, 6) is -0.110. The molecule has 0 aromatic rings. The fourth-order valence-corrected chi connectivity index (χ4v) is 1.06. The van der Waals surface area contributed by atoms with E-state index in [1.165, 1.54) is 0 Å². The van der Waals surface area contributed by atoms with Crippen molar-refractivity contribution in [1.82, 2.24) is 10.6 Å². The van der Waals surface area contributed by atoms with Crippen LogP contribution >= 0.6 is 0 Å². The Labute approximate surface area is 96.3 Å². The molecule has 0 aliphatic carbocycles. The lowest BCUT2D eigenvalue weighted by molar-refractivity contribution is -0.119. The highest BCUT2D eigenvalue weighted by Crippen LogP contribution is 1.93. The first-order valence-corrected chi connectivity index (χ1v) is 5.30. The summed E-state index contributed by atoms with van der Waals surface area (Å²) in [5.41, 5.74) is 0. The van der Waals surface area contributed by atoms with Crippen LogP contribution in [0.4, 0.5) is 0 Å². The first-order valence-electron chi connectivity index (χ1n) is 5.30. The van der Waals surface area contributed by atoms with Gasteiger partial charge >= 0.3 is 0 Å². The number of amides is 1. The molecule has 3 N–H and O–H groups in total. The fourth-order valence-electron chi connectivity index (χ4n) is 1.06. The van der Waals surface area contributed by atoms with E-state index in [-0.39, 0.29) is 25.2 Å². The molecule has 1 amide bonds. The number of nitrogens with one attached hydrogen (secondary N) is 2. The second kappa shape index (κ2) is 9.53. The summed E-state index contributed by atoms with van der Waals surface area (Å²) in [6.07, 6.45) is -0.664. The van der Waals surface area contributed by atoms with E-state index >= 15 is 0 Å². The zero-order chi connectivity index (χ0) is 12.4. The first kappa shape index (κ1) is 15.3. The highest BCUT2D eigenvalue weighted by molar-refractivity contribution is 5.77. The minimum Gasteiger partial charge on any atom is -0.389 e. The minimum atomic E-state index is -0.621. The van der Waals surface area contributed by atoms with Crippen LogP contribution in [0.15, 0.2) is 0 Å². The predicted octanol–water partition coefficient (Wildman–Crippen LogP) is -1.27. The zero-order valence-corrected chi connectivity index (χ0v) is 10.2. The molecule has 0 aromatic heterocycles. The van der Waals surface area contributed by atoms with E-state index in [0.29, 0.717) is 13.2 Å². The maximum absolute atomic E-state index is 10.8. The van der Waals surface area contributed by atoms with Gasteiger partial charge in [0, 0.05) is 20.7 Å². The van der Waals surface area contributed by atoms with Gasteiger partial charge in [-0.05, 0) is 6.92 Å². The number of hydrogen-bond donors (Lipinski definition) is 3. The number of carbonyl (C=O) groups is 1. The maximum atomic E-state index is 10.8. The van der Waals surface area contributed by atoms with Crippen LogP contribution in [-0.2, 0) is 14.3 Å². The van der Waals surface area contributed by atoms with Crippen LogP contribution < -0.4 is 10.6 Å². The third kappa shape index (κ3) is 8.60. The van der Waals surface area contributed by atoms with Crippen LogP contribution in [0.25, 0.3) is 0 Å². The van der Waals surface area contributed by atoms with Gasteiger partial charge in [-0.25, -0.2) is 0 Å². The summed E-state index contributed by atoms with van der Waals surface area (Å²) in [7, 11) is 3.16. The van der Waals surface area contributed by atoms with Gasteiger partial charge in [-0.2, -0.15) is 0 Å². The molecule has 96 valence electrons. The van der Waals surface area contributed by atoms with Gasteiger partial charge in [0.15, 0.2) is 0 Å². The summed E-state index contributed by atoms with van der Waals surface area (Å²) in [6.45, 7) is 3.12. The molecule has 16 heavy (non-hydrogen) atoms. The quantitative estimate of drug-likeness (QED) is 0.464. The van der Waals surface area contributed by atoms with Crippen molar-refractivity contribution in [2.75, 3.05) is 40.5 Å². The molecular formula is C10H22N2O4. The molecule has 0 spiro atoms. The highest BCUT2D eigenvalue weighted by atomic mass is 16.5. The third-order valence-electron chi connectivity index (χ3n) is 1.92. The Hall–Kier alpha value is -0.690. The standard InChI is InChI=1S/C10H22N2O4/c1-8(6-15-3)16-7-9(13)4-12-5-10(14)11-2/h8-9,12-13H,4-7H2,1-3H3,(H,11,14). The number of aliphatic hydroxyl groups is 1. The second-order valence-electron chi connectivity index (χ2n) is 3.56. The van der Waals surface area contributed by atoms with Crippen molar-refractivity contribution >= 4 is 5.91 Å². The Bertz CT molecular complexity index is 190. The van der Waals surface area contributed by atoms with Gasteiger partial charge in [0.1, 0.15) is 0 Å². The van der Waals surface area contributed by atoms with Crippen LogP contribution in [0, 0.1) is 0 Å². The summed E-state index contributed by atoms with van der Waals surface area (Å²) in [6, 6.07) is 0. The van der Waals surface area contributed by atoms with Gasteiger partial charge in [-0.1, -0.05) is 0 Å². The number of rotatable bonds is 9. The molecule has 0 saturated carbocycles. The molecule has 6 heteroatoms. The van der Waals surface area contributed by atoms with Gasteiger partial charge in [0.25, 0.3) is 0 Å². The summed E-state index contributed by atoms with van der Waals surface area (Å²) in [5, 5.41) is 14.8. The van der Waals surface area contributed by atoms with Crippen molar-refractivity contribution in [2.24, 2.45) is 0 Å². The molecule has 2 atom stereocenters. The van der Waals surface area contributed by atoms with Crippen molar-refractivity contribution < 1.29 is 19.4 Å². The van der Waals surface area contributed by atoms with E-state index in [2.05, 4.69) is 10.6 Å². The van der Waals surface area contributed by atoms with Gasteiger partial charge in [-0.15, -0.1) is 0 Å². The van der Waals surface area contributed by atoms with Crippen LogP contribution in [0.1, 0.15) is 6.92 Å². The number of likely N-dealkylation sites (N-methyl/N-ethyl adjacent to an activating group) is 1. The predicted molar refractivity (Wildman–Crippen MR) is 60.2 cm³/mol. The molecule has 0 aliphatic heterocycles. The Morgan fingerprint density at radius 2 is 2.12 bits per heavy atom. The van der Waals surface area contributed by atoms with E-state index in [1.54, 1.807) is 14.2 Å². The molecule has 0 rings (SSSR count). The Morgan fingerprint density at radius 3 is 2.69 bits per heavy atom.